The molecule has 0 aliphatic rings. The number of aryl methyl sites for hydroxylation is 1. The molecule has 0 bridgehead atoms. The SMILES string of the molecule is CCc1cccc2[nH]c(C(=O)NC(C)C)cc12. The van der Waals surface area contributed by atoms with Gasteiger partial charge in [-0.3, -0.25) is 4.79 Å². The predicted molar refractivity (Wildman–Crippen MR) is 70.3 cm³/mol. The third kappa shape index (κ3) is 2.33. The number of hydrogen-bond acceptors (Lipinski definition) is 1. The van der Waals surface area contributed by atoms with Gasteiger partial charge in [0.15, 0.2) is 0 Å². The summed E-state index contributed by atoms with van der Waals surface area (Å²) in [6, 6.07) is 8.20. The van der Waals surface area contributed by atoms with Crippen LogP contribution in [0, 0.1) is 0 Å². The van der Waals surface area contributed by atoms with Gasteiger partial charge in [0.2, 0.25) is 0 Å². The van der Waals surface area contributed by atoms with E-state index in [4.69, 9.17) is 0 Å². The maximum Gasteiger partial charge on any atom is 0.267 e. The number of carbonyl (C=O) groups is 1. The highest BCUT2D eigenvalue weighted by Crippen LogP contribution is 2.20. The highest BCUT2D eigenvalue weighted by atomic mass is 16.1. The van der Waals surface area contributed by atoms with Crippen LogP contribution in [0.5, 0.6) is 0 Å². The first-order chi connectivity index (χ1) is 8.11. The van der Waals surface area contributed by atoms with E-state index in [9.17, 15) is 4.79 Å². The van der Waals surface area contributed by atoms with Gasteiger partial charge in [-0.05, 0) is 38.0 Å². The van der Waals surface area contributed by atoms with E-state index in [-0.39, 0.29) is 11.9 Å². The maximum absolute atomic E-state index is 11.9. The van der Waals surface area contributed by atoms with E-state index < -0.39 is 0 Å². The minimum atomic E-state index is -0.0433. The van der Waals surface area contributed by atoms with Gasteiger partial charge in [-0.2, -0.15) is 0 Å². The van der Waals surface area contributed by atoms with Crippen LogP contribution < -0.4 is 5.32 Å². The Morgan fingerprint density at radius 2 is 2.18 bits per heavy atom. The zero-order chi connectivity index (χ0) is 12.4. The predicted octanol–water partition coefficient (Wildman–Crippen LogP) is 2.87. The first kappa shape index (κ1) is 11.7. The largest absolute Gasteiger partial charge is 0.351 e. The van der Waals surface area contributed by atoms with Crippen LogP contribution in [0.25, 0.3) is 10.9 Å². The van der Waals surface area contributed by atoms with Gasteiger partial charge >= 0.3 is 0 Å². The molecule has 0 aliphatic carbocycles. The van der Waals surface area contributed by atoms with Crippen molar-refractivity contribution in [3.63, 3.8) is 0 Å². The zero-order valence-electron chi connectivity index (χ0n) is 10.5. The second-order valence-corrected chi connectivity index (χ2v) is 4.54. The second kappa shape index (κ2) is 4.62. The van der Waals surface area contributed by atoms with Crippen molar-refractivity contribution in [2.24, 2.45) is 0 Å². The lowest BCUT2D eigenvalue weighted by Crippen LogP contribution is -2.30. The average Bonchev–Trinajstić information content (AvgIpc) is 2.71. The number of benzene rings is 1. The van der Waals surface area contributed by atoms with Gasteiger partial charge in [-0.1, -0.05) is 19.1 Å². The summed E-state index contributed by atoms with van der Waals surface area (Å²) < 4.78 is 0. The van der Waals surface area contributed by atoms with Crippen LogP contribution in [-0.4, -0.2) is 16.9 Å². The van der Waals surface area contributed by atoms with Crippen molar-refractivity contribution in [2.75, 3.05) is 0 Å². The molecule has 1 aromatic carbocycles. The number of aromatic nitrogens is 1. The minimum Gasteiger partial charge on any atom is -0.351 e. The Morgan fingerprint density at radius 1 is 1.41 bits per heavy atom. The lowest BCUT2D eigenvalue weighted by atomic mass is 10.1. The normalized spacial score (nSPS) is 11.1. The maximum atomic E-state index is 11.9. The molecule has 2 aromatic rings. The molecule has 2 rings (SSSR count). The molecule has 0 spiro atoms. The molecule has 0 atom stereocenters. The Hall–Kier alpha value is -1.77. The van der Waals surface area contributed by atoms with Crippen LogP contribution >= 0.6 is 0 Å². The smallest absolute Gasteiger partial charge is 0.267 e. The molecule has 0 saturated heterocycles. The van der Waals surface area contributed by atoms with Gasteiger partial charge in [0.25, 0.3) is 5.91 Å². The van der Waals surface area contributed by atoms with E-state index in [2.05, 4.69) is 23.3 Å². The van der Waals surface area contributed by atoms with Crippen molar-refractivity contribution < 1.29 is 4.79 Å². The summed E-state index contributed by atoms with van der Waals surface area (Å²) in [6.07, 6.45) is 0.973. The Labute approximate surface area is 101 Å². The highest BCUT2D eigenvalue weighted by molar-refractivity contribution is 5.98. The summed E-state index contributed by atoms with van der Waals surface area (Å²) in [5.74, 6) is -0.0433. The molecule has 1 aromatic heterocycles. The molecule has 0 radical (unpaired) electrons. The summed E-state index contributed by atoms with van der Waals surface area (Å²) in [5, 5.41) is 4.03. The standard InChI is InChI=1S/C14H18N2O/c1-4-10-6-5-7-12-11(10)8-13(16-12)14(17)15-9(2)3/h5-9,16H,4H2,1-3H3,(H,15,17). The number of rotatable bonds is 3. The van der Waals surface area contributed by atoms with E-state index >= 15 is 0 Å². The van der Waals surface area contributed by atoms with Crippen LogP contribution in [-0.2, 0) is 6.42 Å². The van der Waals surface area contributed by atoms with E-state index in [0.717, 1.165) is 17.3 Å². The zero-order valence-corrected chi connectivity index (χ0v) is 10.5. The van der Waals surface area contributed by atoms with E-state index in [1.807, 2.05) is 32.0 Å². The average molecular weight is 230 g/mol. The first-order valence-corrected chi connectivity index (χ1v) is 6.03. The fourth-order valence-electron chi connectivity index (χ4n) is 1.99. The Balaban J connectivity index is 2.41. The molecular formula is C14H18N2O. The Kier molecular flexibility index (Phi) is 3.18. The fourth-order valence-corrected chi connectivity index (χ4v) is 1.99. The molecule has 0 aliphatic heterocycles. The highest BCUT2D eigenvalue weighted by Gasteiger charge is 2.11. The van der Waals surface area contributed by atoms with Crippen LogP contribution in [0.3, 0.4) is 0 Å². The molecule has 17 heavy (non-hydrogen) atoms. The second-order valence-electron chi connectivity index (χ2n) is 4.54. The number of fused-ring (bicyclic) bond motifs is 1. The fraction of sp³-hybridized carbons (Fsp3) is 0.357. The van der Waals surface area contributed by atoms with Gasteiger partial charge in [0.05, 0.1) is 0 Å². The molecular weight excluding hydrogens is 212 g/mol. The molecule has 3 heteroatoms. The molecule has 1 amide bonds. The Morgan fingerprint density at radius 3 is 2.82 bits per heavy atom. The third-order valence-electron chi connectivity index (χ3n) is 2.80. The van der Waals surface area contributed by atoms with Crippen LogP contribution in [0.1, 0.15) is 36.8 Å². The molecule has 2 N–H and O–H groups in total. The summed E-state index contributed by atoms with van der Waals surface area (Å²) in [7, 11) is 0. The van der Waals surface area contributed by atoms with Crippen molar-refractivity contribution in [1.82, 2.24) is 10.3 Å². The number of H-pyrrole nitrogens is 1. The number of amides is 1. The first-order valence-electron chi connectivity index (χ1n) is 6.03. The van der Waals surface area contributed by atoms with Crippen LogP contribution in [0.4, 0.5) is 0 Å². The third-order valence-corrected chi connectivity index (χ3v) is 2.80. The molecule has 90 valence electrons. The summed E-state index contributed by atoms with van der Waals surface area (Å²) in [5.41, 5.74) is 2.93. The van der Waals surface area contributed by atoms with Crippen molar-refractivity contribution in [3.8, 4) is 0 Å². The quantitative estimate of drug-likeness (QED) is 0.836. The Bertz CT molecular complexity index is 540. The number of nitrogens with one attached hydrogen (secondary N) is 2. The van der Waals surface area contributed by atoms with Gasteiger partial charge < -0.3 is 10.3 Å². The minimum absolute atomic E-state index is 0.0433. The molecule has 1 heterocycles. The topological polar surface area (TPSA) is 44.9 Å². The van der Waals surface area contributed by atoms with Crippen LogP contribution in [0.15, 0.2) is 24.3 Å². The van der Waals surface area contributed by atoms with Crippen molar-refractivity contribution >= 4 is 16.8 Å². The summed E-state index contributed by atoms with van der Waals surface area (Å²) in [6.45, 7) is 6.03. The van der Waals surface area contributed by atoms with Crippen LogP contribution in [0.2, 0.25) is 0 Å². The number of carbonyl (C=O) groups excluding carboxylic acids is 1. The number of hydrogen-bond donors (Lipinski definition) is 2. The van der Waals surface area contributed by atoms with Crippen molar-refractivity contribution in [3.05, 3.63) is 35.5 Å². The van der Waals surface area contributed by atoms with Gasteiger partial charge in [0.1, 0.15) is 5.69 Å². The molecule has 3 nitrogen and oxygen atoms in total. The van der Waals surface area contributed by atoms with Crippen molar-refractivity contribution in [1.29, 1.82) is 0 Å². The number of aromatic amines is 1. The lowest BCUT2D eigenvalue weighted by molar-refractivity contribution is 0.0939. The molecule has 0 saturated carbocycles. The van der Waals surface area contributed by atoms with E-state index in [1.165, 1.54) is 5.56 Å². The monoisotopic (exact) mass is 230 g/mol. The van der Waals surface area contributed by atoms with E-state index in [1.54, 1.807) is 0 Å². The van der Waals surface area contributed by atoms with E-state index in [0.29, 0.717) is 5.69 Å². The van der Waals surface area contributed by atoms with Crippen molar-refractivity contribution in [2.45, 2.75) is 33.2 Å². The lowest BCUT2D eigenvalue weighted by Gasteiger charge is -2.05. The van der Waals surface area contributed by atoms with Gasteiger partial charge in [0, 0.05) is 16.9 Å². The molecule has 0 unspecified atom stereocenters. The van der Waals surface area contributed by atoms with Gasteiger partial charge in [-0.15, -0.1) is 0 Å². The summed E-state index contributed by atoms with van der Waals surface area (Å²) >= 11 is 0. The summed E-state index contributed by atoms with van der Waals surface area (Å²) in [4.78, 5) is 15.0. The van der Waals surface area contributed by atoms with Gasteiger partial charge in [-0.25, -0.2) is 0 Å². The molecule has 0 fully saturated rings.